The van der Waals surface area contributed by atoms with Crippen molar-refractivity contribution in [1.82, 2.24) is 0 Å². The van der Waals surface area contributed by atoms with Crippen molar-refractivity contribution in [2.45, 2.75) is 33.1 Å². The molecular formula is C9H19N. The molecule has 0 amide bonds. The van der Waals surface area contributed by atoms with Crippen LogP contribution in [0.1, 0.15) is 33.1 Å². The van der Waals surface area contributed by atoms with Gasteiger partial charge in [-0.2, -0.15) is 0 Å². The van der Waals surface area contributed by atoms with Gasteiger partial charge in [0.2, 0.25) is 0 Å². The number of nitrogens with two attached hydrogens (primary N) is 1. The van der Waals surface area contributed by atoms with E-state index in [1.807, 2.05) is 0 Å². The van der Waals surface area contributed by atoms with E-state index in [1.165, 1.54) is 19.3 Å². The van der Waals surface area contributed by atoms with Gasteiger partial charge in [-0.25, -0.2) is 0 Å². The second kappa shape index (κ2) is 3.38. The summed E-state index contributed by atoms with van der Waals surface area (Å²) in [7, 11) is 0. The van der Waals surface area contributed by atoms with Gasteiger partial charge < -0.3 is 5.73 Å². The molecule has 0 aliphatic heterocycles. The van der Waals surface area contributed by atoms with Crippen molar-refractivity contribution in [3.05, 3.63) is 0 Å². The van der Waals surface area contributed by atoms with Crippen LogP contribution >= 0.6 is 0 Å². The summed E-state index contributed by atoms with van der Waals surface area (Å²) in [5.74, 6) is 2.60. The lowest BCUT2D eigenvalue weighted by Gasteiger charge is -2.21. The summed E-state index contributed by atoms with van der Waals surface area (Å²) in [6.45, 7) is 5.54. The van der Waals surface area contributed by atoms with Gasteiger partial charge in [-0.15, -0.1) is 0 Å². The van der Waals surface area contributed by atoms with Crippen LogP contribution in [-0.2, 0) is 0 Å². The molecule has 0 saturated heterocycles. The third-order valence-electron chi connectivity index (χ3n) is 2.88. The second-order valence-electron chi connectivity index (χ2n) is 3.83. The SMILES string of the molecule is CC(C)C1CCCC1CN. The Morgan fingerprint density at radius 1 is 1.40 bits per heavy atom. The number of rotatable bonds is 2. The van der Waals surface area contributed by atoms with Gasteiger partial charge in [0.1, 0.15) is 0 Å². The average Bonchev–Trinajstić information content (AvgIpc) is 2.33. The first-order valence-corrected chi connectivity index (χ1v) is 4.45. The number of hydrogen-bond donors (Lipinski definition) is 1. The Bertz CT molecular complexity index is 98.9. The van der Waals surface area contributed by atoms with Crippen LogP contribution in [-0.4, -0.2) is 6.54 Å². The molecule has 0 heterocycles. The van der Waals surface area contributed by atoms with Crippen molar-refractivity contribution in [2.24, 2.45) is 23.5 Å². The molecule has 0 aromatic heterocycles. The smallest absolute Gasteiger partial charge is 0.00461 e. The largest absolute Gasteiger partial charge is 0.330 e. The van der Waals surface area contributed by atoms with E-state index in [9.17, 15) is 0 Å². The van der Waals surface area contributed by atoms with Crippen molar-refractivity contribution < 1.29 is 0 Å². The predicted octanol–water partition coefficient (Wildman–Crippen LogP) is 2.02. The highest BCUT2D eigenvalue weighted by Crippen LogP contribution is 2.35. The molecule has 1 nitrogen and oxygen atoms in total. The molecule has 1 rings (SSSR count). The second-order valence-corrected chi connectivity index (χ2v) is 3.83. The van der Waals surface area contributed by atoms with Crippen LogP contribution in [0.25, 0.3) is 0 Å². The van der Waals surface area contributed by atoms with E-state index in [2.05, 4.69) is 13.8 Å². The van der Waals surface area contributed by atoms with Gasteiger partial charge in [0, 0.05) is 0 Å². The zero-order valence-electron chi connectivity index (χ0n) is 7.14. The van der Waals surface area contributed by atoms with Crippen LogP contribution in [0.4, 0.5) is 0 Å². The minimum absolute atomic E-state index is 0.833. The van der Waals surface area contributed by atoms with Crippen LogP contribution < -0.4 is 5.73 Å². The lowest BCUT2D eigenvalue weighted by molar-refractivity contribution is 0.301. The Kier molecular flexibility index (Phi) is 2.72. The molecule has 1 fully saturated rings. The standard InChI is InChI=1S/C9H19N/c1-7(2)9-5-3-4-8(9)6-10/h7-9H,3-6,10H2,1-2H3. The summed E-state index contributed by atoms with van der Waals surface area (Å²) in [5.41, 5.74) is 5.66. The highest BCUT2D eigenvalue weighted by molar-refractivity contribution is 4.79. The first kappa shape index (κ1) is 8.06. The summed E-state index contributed by atoms with van der Waals surface area (Å²) in [4.78, 5) is 0. The third-order valence-corrected chi connectivity index (χ3v) is 2.88. The Balaban J connectivity index is 2.42. The molecule has 1 aliphatic carbocycles. The maximum absolute atomic E-state index is 5.66. The monoisotopic (exact) mass is 141 g/mol. The molecule has 0 radical (unpaired) electrons. The van der Waals surface area contributed by atoms with Crippen molar-refractivity contribution in [3.8, 4) is 0 Å². The van der Waals surface area contributed by atoms with Gasteiger partial charge in [0.25, 0.3) is 0 Å². The Labute approximate surface area is 64.0 Å². The Hall–Kier alpha value is -0.0400. The van der Waals surface area contributed by atoms with Crippen molar-refractivity contribution in [3.63, 3.8) is 0 Å². The van der Waals surface area contributed by atoms with Crippen LogP contribution in [0.3, 0.4) is 0 Å². The van der Waals surface area contributed by atoms with Crippen molar-refractivity contribution in [2.75, 3.05) is 6.54 Å². The fourth-order valence-electron chi connectivity index (χ4n) is 2.24. The van der Waals surface area contributed by atoms with E-state index in [1.54, 1.807) is 0 Å². The summed E-state index contributed by atoms with van der Waals surface area (Å²) >= 11 is 0. The fraction of sp³-hybridized carbons (Fsp3) is 1.00. The van der Waals surface area contributed by atoms with E-state index < -0.39 is 0 Å². The van der Waals surface area contributed by atoms with Crippen molar-refractivity contribution >= 4 is 0 Å². The fourth-order valence-corrected chi connectivity index (χ4v) is 2.24. The van der Waals surface area contributed by atoms with Gasteiger partial charge in [0.15, 0.2) is 0 Å². The first-order valence-electron chi connectivity index (χ1n) is 4.45. The molecule has 2 unspecified atom stereocenters. The summed E-state index contributed by atoms with van der Waals surface area (Å²) < 4.78 is 0. The molecule has 0 bridgehead atoms. The maximum atomic E-state index is 5.66. The minimum atomic E-state index is 0.833. The summed E-state index contributed by atoms with van der Waals surface area (Å²) in [6.07, 6.45) is 4.20. The van der Waals surface area contributed by atoms with Gasteiger partial charge in [0.05, 0.1) is 0 Å². The molecule has 60 valence electrons. The lowest BCUT2D eigenvalue weighted by atomic mass is 9.86. The molecule has 0 aromatic carbocycles. The lowest BCUT2D eigenvalue weighted by Crippen LogP contribution is -2.21. The van der Waals surface area contributed by atoms with E-state index >= 15 is 0 Å². The van der Waals surface area contributed by atoms with Crippen LogP contribution in [0, 0.1) is 17.8 Å². The van der Waals surface area contributed by atoms with Gasteiger partial charge in [-0.3, -0.25) is 0 Å². The van der Waals surface area contributed by atoms with Crippen LogP contribution in [0.15, 0.2) is 0 Å². The molecule has 1 saturated carbocycles. The highest BCUT2D eigenvalue weighted by Gasteiger charge is 2.27. The molecule has 0 spiro atoms. The summed E-state index contributed by atoms with van der Waals surface area (Å²) in [6, 6.07) is 0. The van der Waals surface area contributed by atoms with Crippen molar-refractivity contribution in [1.29, 1.82) is 0 Å². The Morgan fingerprint density at radius 3 is 2.50 bits per heavy atom. The zero-order chi connectivity index (χ0) is 7.56. The van der Waals surface area contributed by atoms with Gasteiger partial charge in [-0.05, 0) is 37.1 Å². The van der Waals surface area contributed by atoms with E-state index in [0.29, 0.717) is 0 Å². The molecule has 10 heavy (non-hydrogen) atoms. The molecule has 1 heteroatoms. The van der Waals surface area contributed by atoms with E-state index in [0.717, 1.165) is 24.3 Å². The first-order chi connectivity index (χ1) is 4.75. The zero-order valence-corrected chi connectivity index (χ0v) is 7.14. The molecule has 2 atom stereocenters. The van der Waals surface area contributed by atoms with E-state index in [-0.39, 0.29) is 0 Å². The predicted molar refractivity (Wildman–Crippen MR) is 44.7 cm³/mol. The minimum Gasteiger partial charge on any atom is -0.330 e. The topological polar surface area (TPSA) is 26.0 Å². The molecule has 0 aromatic rings. The molecule has 1 aliphatic rings. The molecular weight excluding hydrogens is 122 g/mol. The van der Waals surface area contributed by atoms with Crippen LogP contribution in [0.2, 0.25) is 0 Å². The van der Waals surface area contributed by atoms with Gasteiger partial charge >= 0.3 is 0 Å². The third kappa shape index (κ3) is 1.51. The van der Waals surface area contributed by atoms with E-state index in [4.69, 9.17) is 5.73 Å². The quantitative estimate of drug-likeness (QED) is 0.625. The Morgan fingerprint density at radius 2 is 2.10 bits per heavy atom. The van der Waals surface area contributed by atoms with Gasteiger partial charge in [-0.1, -0.05) is 20.3 Å². The molecule has 2 N–H and O–H groups in total. The normalized spacial score (nSPS) is 33.6. The summed E-state index contributed by atoms with van der Waals surface area (Å²) in [5, 5.41) is 0. The highest BCUT2D eigenvalue weighted by atomic mass is 14.6. The van der Waals surface area contributed by atoms with Crippen LogP contribution in [0.5, 0.6) is 0 Å². The number of hydrogen-bond acceptors (Lipinski definition) is 1. The average molecular weight is 141 g/mol. The maximum Gasteiger partial charge on any atom is -0.00461 e.